The van der Waals surface area contributed by atoms with Gasteiger partial charge in [0.05, 0.1) is 23.3 Å². The molecule has 9 heteroatoms. The summed E-state index contributed by atoms with van der Waals surface area (Å²) in [4.78, 5) is 39.1. The van der Waals surface area contributed by atoms with Crippen LogP contribution in [0.15, 0.2) is 48.0 Å². The van der Waals surface area contributed by atoms with Crippen LogP contribution in [0.5, 0.6) is 5.75 Å². The third kappa shape index (κ3) is 3.83. The summed E-state index contributed by atoms with van der Waals surface area (Å²) in [6.07, 6.45) is -1.96. The Labute approximate surface area is 224 Å². The standard InChI is InChI=1S/C30H31NO8/c1-29(2,3)14-9-7-13(8-10-14)11-16-15-5-4-6-18(32)20(15)25(35)23-21(16)24(34)17-12-19(33)22(28(31)38)26(36)30(17,39)27(23)37/h4-11,17,19,21-22,24,32-35,39H,12H2,1-3H3,(H2,31,38)/b16-11+. The van der Waals surface area contributed by atoms with Crippen LogP contribution in [-0.4, -0.2) is 60.8 Å². The molecule has 6 atom stereocenters. The highest BCUT2D eigenvalue weighted by molar-refractivity contribution is 6.26. The Morgan fingerprint density at radius 3 is 2.28 bits per heavy atom. The van der Waals surface area contributed by atoms with Gasteiger partial charge >= 0.3 is 0 Å². The number of aromatic hydroxyl groups is 1. The number of benzene rings is 2. The maximum absolute atomic E-state index is 13.9. The van der Waals surface area contributed by atoms with Crippen molar-refractivity contribution in [3.63, 3.8) is 0 Å². The highest BCUT2D eigenvalue weighted by atomic mass is 16.3. The fraction of sp³-hybridized carbons (Fsp3) is 0.367. The SMILES string of the molecule is CC(C)(C)c1ccc(/C=C2\c3cccc(O)c3C(O)=C3C(=O)C4(O)C(=O)C(C(N)=O)C(O)CC4C(O)C32)cc1. The number of aliphatic hydroxyl groups is 4. The second-order valence-corrected chi connectivity index (χ2v) is 11.7. The molecule has 0 spiro atoms. The third-order valence-corrected chi connectivity index (χ3v) is 8.32. The summed E-state index contributed by atoms with van der Waals surface area (Å²) in [5.74, 6) is -9.31. The number of aliphatic hydroxyl groups excluding tert-OH is 3. The zero-order chi connectivity index (χ0) is 28.6. The molecule has 0 heterocycles. The van der Waals surface area contributed by atoms with Crippen molar-refractivity contribution in [1.29, 1.82) is 0 Å². The largest absolute Gasteiger partial charge is 0.507 e. The Balaban J connectivity index is 1.73. The van der Waals surface area contributed by atoms with Crippen LogP contribution in [-0.2, 0) is 19.8 Å². The van der Waals surface area contributed by atoms with Gasteiger partial charge in [0.15, 0.2) is 11.4 Å². The van der Waals surface area contributed by atoms with E-state index in [0.29, 0.717) is 16.7 Å². The van der Waals surface area contributed by atoms with Crippen molar-refractivity contribution in [2.75, 3.05) is 0 Å². The molecule has 9 nitrogen and oxygen atoms in total. The van der Waals surface area contributed by atoms with Crippen LogP contribution < -0.4 is 5.73 Å². The van der Waals surface area contributed by atoms with Crippen molar-refractivity contribution in [2.45, 2.75) is 50.4 Å². The molecule has 39 heavy (non-hydrogen) atoms. The van der Waals surface area contributed by atoms with Crippen molar-refractivity contribution in [3.05, 3.63) is 70.3 Å². The topological polar surface area (TPSA) is 178 Å². The molecule has 0 radical (unpaired) electrons. The molecule has 0 saturated heterocycles. The van der Waals surface area contributed by atoms with E-state index in [-0.39, 0.29) is 16.7 Å². The van der Waals surface area contributed by atoms with E-state index in [1.165, 1.54) is 6.07 Å². The van der Waals surface area contributed by atoms with Crippen LogP contribution in [0.4, 0.5) is 0 Å². The second kappa shape index (κ2) is 8.87. The first-order valence-corrected chi connectivity index (χ1v) is 12.7. The molecule has 5 rings (SSSR count). The van der Waals surface area contributed by atoms with Gasteiger partial charge in [0, 0.05) is 11.8 Å². The number of fused-ring (bicyclic) bond motifs is 3. The molecule has 7 N–H and O–H groups in total. The number of phenols is 1. The molecule has 2 aromatic carbocycles. The fourth-order valence-electron chi connectivity index (χ4n) is 6.25. The molecule has 0 aliphatic heterocycles. The molecule has 2 saturated carbocycles. The Hall–Kier alpha value is -3.79. The van der Waals surface area contributed by atoms with Crippen LogP contribution in [0, 0.1) is 17.8 Å². The van der Waals surface area contributed by atoms with E-state index < -0.39 is 70.8 Å². The molecule has 3 aliphatic carbocycles. The molecule has 1 amide bonds. The summed E-state index contributed by atoms with van der Waals surface area (Å²) in [5, 5.41) is 55.5. The van der Waals surface area contributed by atoms with Crippen molar-refractivity contribution in [3.8, 4) is 5.75 Å². The van der Waals surface area contributed by atoms with E-state index in [4.69, 9.17) is 5.73 Å². The summed E-state index contributed by atoms with van der Waals surface area (Å²) >= 11 is 0. The van der Waals surface area contributed by atoms with Gasteiger partial charge in [-0.2, -0.15) is 0 Å². The van der Waals surface area contributed by atoms with Crippen LogP contribution in [0.25, 0.3) is 17.4 Å². The lowest BCUT2D eigenvalue weighted by Crippen LogP contribution is -2.70. The Kier molecular flexibility index (Phi) is 6.10. The number of rotatable bonds is 2. The Bertz CT molecular complexity index is 1460. The molecule has 0 aromatic heterocycles. The summed E-state index contributed by atoms with van der Waals surface area (Å²) in [5.41, 5.74) is 4.28. The summed E-state index contributed by atoms with van der Waals surface area (Å²) in [7, 11) is 0. The summed E-state index contributed by atoms with van der Waals surface area (Å²) < 4.78 is 0. The highest BCUT2D eigenvalue weighted by Crippen LogP contribution is 2.55. The maximum atomic E-state index is 13.9. The number of hydrogen-bond acceptors (Lipinski definition) is 8. The van der Waals surface area contributed by atoms with Crippen LogP contribution >= 0.6 is 0 Å². The number of hydrogen-bond donors (Lipinski definition) is 6. The van der Waals surface area contributed by atoms with E-state index in [2.05, 4.69) is 20.8 Å². The fourth-order valence-corrected chi connectivity index (χ4v) is 6.25. The Morgan fingerprint density at radius 1 is 1.05 bits per heavy atom. The number of carbonyl (C=O) groups excluding carboxylic acids is 3. The molecule has 2 aromatic rings. The predicted octanol–water partition coefficient (Wildman–Crippen LogP) is 1.86. The molecular weight excluding hydrogens is 502 g/mol. The van der Waals surface area contributed by atoms with Gasteiger partial charge in [0.1, 0.15) is 17.4 Å². The minimum Gasteiger partial charge on any atom is -0.507 e. The van der Waals surface area contributed by atoms with E-state index in [0.717, 1.165) is 5.56 Å². The number of primary amides is 1. The second-order valence-electron chi connectivity index (χ2n) is 11.7. The molecule has 204 valence electrons. The van der Waals surface area contributed by atoms with Crippen LogP contribution in [0.3, 0.4) is 0 Å². The van der Waals surface area contributed by atoms with Gasteiger partial charge in [-0.05, 0) is 40.2 Å². The molecular formula is C30H31NO8. The lowest BCUT2D eigenvalue weighted by atomic mass is 9.54. The van der Waals surface area contributed by atoms with Crippen molar-refractivity contribution < 1.29 is 39.9 Å². The number of Topliss-reactive ketones (excluding diaryl/α,β-unsaturated/α-hetero) is 2. The number of amides is 1. The zero-order valence-electron chi connectivity index (χ0n) is 21.8. The number of ketones is 2. The maximum Gasteiger partial charge on any atom is 0.230 e. The van der Waals surface area contributed by atoms with E-state index >= 15 is 0 Å². The van der Waals surface area contributed by atoms with E-state index in [1.54, 1.807) is 18.2 Å². The Morgan fingerprint density at radius 2 is 1.69 bits per heavy atom. The monoisotopic (exact) mass is 533 g/mol. The van der Waals surface area contributed by atoms with E-state index in [9.17, 15) is 39.9 Å². The first kappa shape index (κ1) is 26.8. The van der Waals surface area contributed by atoms with Crippen molar-refractivity contribution in [2.24, 2.45) is 23.5 Å². The average Bonchev–Trinajstić information content (AvgIpc) is 2.85. The predicted molar refractivity (Wildman–Crippen MR) is 142 cm³/mol. The van der Waals surface area contributed by atoms with Gasteiger partial charge in [0.25, 0.3) is 0 Å². The van der Waals surface area contributed by atoms with Gasteiger partial charge in [-0.3, -0.25) is 14.4 Å². The minimum absolute atomic E-state index is 0.0846. The van der Waals surface area contributed by atoms with Crippen molar-refractivity contribution >= 4 is 34.9 Å². The van der Waals surface area contributed by atoms with Gasteiger partial charge in [-0.1, -0.05) is 63.2 Å². The highest BCUT2D eigenvalue weighted by Gasteiger charge is 2.67. The smallest absolute Gasteiger partial charge is 0.230 e. The first-order chi connectivity index (χ1) is 18.2. The summed E-state index contributed by atoms with van der Waals surface area (Å²) in [6, 6.07) is 12.1. The average molecular weight is 534 g/mol. The van der Waals surface area contributed by atoms with Gasteiger partial charge in [-0.15, -0.1) is 0 Å². The normalized spacial score (nSPS) is 31.5. The minimum atomic E-state index is -2.90. The number of carbonyl (C=O) groups is 3. The zero-order valence-corrected chi connectivity index (χ0v) is 21.8. The van der Waals surface area contributed by atoms with Crippen LogP contribution in [0.2, 0.25) is 0 Å². The molecule has 2 fully saturated rings. The van der Waals surface area contributed by atoms with Gasteiger partial charge in [-0.25, -0.2) is 0 Å². The van der Waals surface area contributed by atoms with Crippen LogP contribution in [0.1, 0.15) is 49.4 Å². The quantitative estimate of drug-likeness (QED) is 0.317. The molecule has 0 bridgehead atoms. The molecule has 3 aliphatic rings. The van der Waals surface area contributed by atoms with E-state index in [1.807, 2.05) is 24.3 Å². The number of phenolic OH excluding ortho intramolecular Hbond substituents is 1. The summed E-state index contributed by atoms with van der Waals surface area (Å²) in [6.45, 7) is 6.23. The lowest BCUT2D eigenvalue weighted by Gasteiger charge is -2.51. The van der Waals surface area contributed by atoms with Crippen molar-refractivity contribution in [1.82, 2.24) is 0 Å². The molecule has 6 unspecified atom stereocenters. The van der Waals surface area contributed by atoms with Gasteiger partial charge in [0.2, 0.25) is 11.7 Å². The number of nitrogens with two attached hydrogens (primary N) is 1. The lowest BCUT2D eigenvalue weighted by molar-refractivity contribution is -0.184. The first-order valence-electron chi connectivity index (χ1n) is 12.7. The van der Waals surface area contributed by atoms with Gasteiger partial charge < -0.3 is 31.3 Å². The third-order valence-electron chi connectivity index (χ3n) is 8.32.